The van der Waals surface area contributed by atoms with E-state index in [1.807, 2.05) is 24.3 Å². The Morgan fingerprint density at radius 1 is 0.750 bits per heavy atom. The number of benzene rings is 3. The van der Waals surface area contributed by atoms with Crippen LogP contribution in [0.5, 0.6) is 0 Å². The van der Waals surface area contributed by atoms with Gasteiger partial charge in [0.2, 0.25) is 0 Å². The highest BCUT2D eigenvalue weighted by molar-refractivity contribution is 7.79. The quantitative estimate of drug-likeness (QED) is 0.701. The van der Waals surface area contributed by atoms with Crippen LogP contribution in [0, 0.1) is 0 Å². The van der Waals surface area contributed by atoms with E-state index in [0.29, 0.717) is 6.42 Å². The first-order chi connectivity index (χ1) is 11.8. The molecule has 0 aliphatic rings. The first-order valence-corrected chi connectivity index (χ1v) is 9.30. The minimum absolute atomic E-state index is 0.157. The fraction of sp³-hybridized carbons (Fsp3) is 0.0952. The van der Waals surface area contributed by atoms with E-state index in [0.717, 1.165) is 5.56 Å². The molecule has 120 valence electrons. The number of rotatable bonds is 6. The molecule has 3 heteroatoms. The first kappa shape index (κ1) is 16.4. The van der Waals surface area contributed by atoms with Crippen molar-refractivity contribution in [3.8, 4) is 0 Å². The van der Waals surface area contributed by atoms with Gasteiger partial charge in [-0.1, -0.05) is 84.9 Å². The van der Waals surface area contributed by atoms with Gasteiger partial charge in [0.15, 0.2) is 0 Å². The van der Waals surface area contributed by atoms with E-state index in [2.05, 4.69) is 60.7 Å². The summed E-state index contributed by atoms with van der Waals surface area (Å²) in [5, 5.41) is 12.8. The predicted octanol–water partition coefficient (Wildman–Crippen LogP) is 3.46. The minimum Gasteiger partial charge on any atom is -0.481 e. The summed E-state index contributed by atoms with van der Waals surface area (Å²) >= 11 is 0. The summed E-state index contributed by atoms with van der Waals surface area (Å²) in [4.78, 5) is 11.0. The number of aryl methyl sites for hydroxylation is 1. The molecule has 3 aromatic rings. The minimum atomic E-state index is -0.756. The van der Waals surface area contributed by atoms with Gasteiger partial charge >= 0.3 is 5.97 Å². The highest BCUT2D eigenvalue weighted by Gasteiger charge is 2.19. The molecule has 24 heavy (non-hydrogen) atoms. The van der Waals surface area contributed by atoms with Crippen molar-refractivity contribution in [3.63, 3.8) is 0 Å². The summed E-state index contributed by atoms with van der Waals surface area (Å²) in [6.45, 7) is 0. The lowest BCUT2D eigenvalue weighted by Crippen LogP contribution is -2.23. The molecule has 0 aliphatic carbocycles. The molecular formula is C21H19O2P. The molecule has 0 saturated carbocycles. The lowest BCUT2D eigenvalue weighted by molar-refractivity contribution is -0.136. The maximum absolute atomic E-state index is 11.0. The fourth-order valence-corrected chi connectivity index (χ4v) is 5.27. The molecule has 0 heterocycles. The van der Waals surface area contributed by atoms with E-state index in [4.69, 9.17) is 5.11 Å². The molecule has 0 radical (unpaired) electrons. The van der Waals surface area contributed by atoms with Crippen LogP contribution < -0.4 is 15.9 Å². The maximum Gasteiger partial charge on any atom is 0.303 e. The second-order valence-corrected chi connectivity index (χ2v) is 7.71. The van der Waals surface area contributed by atoms with Crippen molar-refractivity contribution in [2.45, 2.75) is 12.8 Å². The number of aliphatic carboxylic acids is 1. The number of carboxylic acids is 1. The van der Waals surface area contributed by atoms with Crippen LogP contribution in [0.25, 0.3) is 0 Å². The van der Waals surface area contributed by atoms with Crippen molar-refractivity contribution in [2.75, 3.05) is 0 Å². The molecule has 0 fully saturated rings. The highest BCUT2D eigenvalue weighted by atomic mass is 31.1. The summed E-state index contributed by atoms with van der Waals surface area (Å²) < 4.78 is 0. The number of hydrogen-bond acceptors (Lipinski definition) is 1. The van der Waals surface area contributed by atoms with Gasteiger partial charge in [-0.15, -0.1) is 0 Å². The summed E-state index contributed by atoms with van der Waals surface area (Å²) in [6.07, 6.45) is 0.716. The Morgan fingerprint density at radius 2 is 1.25 bits per heavy atom. The summed E-state index contributed by atoms with van der Waals surface area (Å²) in [5.74, 6) is -0.756. The third-order valence-corrected chi connectivity index (χ3v) is 6.42. The number of hydrogen-bond donors (Lipinski definition) is 1. The van der Waals surface area contributed by atoms with Gasteiger partial charge in [-0.2, -0.15) is 0 Å². The van der Waals surface area contributed by atoms with Gasteiger partial charge in [0, 0.05) is 6.42 Å². The molecular weight excluding hydrogens is 315 g/mol. The maximum atomic E-state index is 11.0. The lowest BCUT2D eigenvalue weighted by atomic mass is 10.1. The SMILES string of the molecule is O=C(O)CCc1ccccc1P(c1ccccc1)c1ccccc1. The molecule has 0 atom stereocenters. The third-order valence-electron chi connectivity index (χ3n) is 3.87. The Balaban J connectivity index is 2.08. The van der Waals surface area contributed by atoms with E-state index >= 15 is 0 Å². The Bertz CT molecular complexity index is 761. The van der Waals surface area contributed by atoms with E-state index in [9.17, 15) is 4.79 Å². The highest BCUT2D eigenvalue weighted by Crippen LogP contribution is 2.34. The smallest absolute Gasteiger partial charge is 0.303 e. The van der Waals surface area contributed by atoms with Gasteiger partial charge < -0.3 is 5.11 Å². The third kappa shape index (κ3) is 3.90. The zero-order chi connectivity index (χ0) is 16.8. The van der Waals surface area contributed by atoms with Crippen molar-refractivity contribution in [1.29, 1.82) is 0 Å². The van der Waals surface area contributed by atoms with Crippen LogP contribution in [-0.2, 0) is 11.2 Å². The zero-order valence-electron chi connectivity index (χ0n) is 13.3. The van der Waals surface area contributed by atoms with E-state index < -0.39 is 13.9 Å². The van der Waals surface area contributed by atoms with Crippen molar-refractivity contribution in [2.24, 2.45) is 0 Å². The Hall–Kier alpha value is -2.44. The second-order valence-electron chi connectivity index (χ2n) is 5.53. The molecule has 0 spiro atoms. The van der Waals surface area contributed by atoms with Crippen molar-refractivity contribution >= 4 is 29.8 Å². The monoisotopic (exact) mass is 334 g/mol. The van der Waals surface area contributed by atoms with E-state index in [1.54, 1.807) is 0 Å². The molecule has 0 aromatic heterocycles. The molecule has 0 amide bonds. The molecule has 3 rings (SSSR count). The molecule has 3 aromatic carbocycles. The Morgan fingerprint density at radius 3 is 1.79 bits per heavy atom. The molecule has 1 N–H and O–H groups in total. The zero-order valence-corrected chi connectivity index (χ0v) is 14.2. The van der Waals surface area contributed by atoms with Crippen LogP contribution in [-0.4, -0.2) is 11.1 Å². The summed E-state index contributed by atoms with van der Waals surface area (Å²) in [7, 11) is -0.691. The standard InChI is InChI=1S/C21H19O2P/c22-21(23)16-15-17-9-7-8-14-20(17)24(18-10-3-1-4-11-18)19-12-5-2-6-13-19/h1-14H,15-16H2,(H,22,23). The summed E-state index contributed by atoms with van der Waals surface area (Å²) in [5.41, 5.74) is 1.12. The lowest BCUT2D eigenvalue weighted by Gasteiger charge is -2.22. The van der Waals surface area contributed by atoms with Gasteiger partial charge in [-0.3, -0.25) is 4.79 Å². The first-order valence-electron chi connectivity index (χ1n) is 7.95. The summed E-state index contributed by atoms with van der Waals surface area (Å²) in [6, 6.07) is 29.2. The molecule has 0 bridgehead atoms. The fourth-order valence-electron chi connectivity index (χ4n) is 2.76. The van der Waals surface area contributed by atoms with Gasteiger partial charge in [0.05, 0.1) is 0 Å². The van der Waals surface area contributed by atoms with Crippen LogP contribution in [0.15, 0.2) is 84.9 Å². The van der Waals surface area contributed by atoms with Crippen molar-refractivity contribution in [3.05, 3.63) is 90.5 Å². The number of carbonyl (C=O) groups is 1. The topological polar surface area (TPSA) is 37.3 Å². The average Bonchev–Trinajstić information content (AvgIpc) is 2.63. The second kappa shape index (κ2) is 7.90. The van der Waals surface area contributed by atoms with Gasteiger partial charge in [0.25, 0.3) is 0 Å². The van der Waals surface area contributed by atoms with Gasteiger partial charge in [-0.05, 0) is 35.8 Å². The van der Waals surface area contributed by atoms with Crippen LogP contribution >= 0.6 is 7.92 Å². The largest absolute Gasteiger partial charge is 0.481 e. The average molecular weight is 334 g/mol. The predicted molar refractivity (Wildman–Crippen MR) is 101 cm³/mol. The number of carboxylic acid groups (broad SMARTS) is 1. The van der Waals surface area contributed by atoms with Crippen LogP contribution in [0.3, 0.4) is 0 Å². The van der Waals surface area contributed by atoms with Crippen LogP contribution in [0.4, 0.5) is 0 Å². The van der Waals surface area contributed by atoms with Crippen molar-refractivity contribution in [1.82, 2.24) is 0 Å². The van der Waals surface area contributed by atoms with Crippen molar-refractivity contribution < 1.29 is 9.90 Å². The molecule has 2 nitrogen and oxygen atoms in total. The molecule has 0 unspecified atom stereocenters. The Kier molecular flexibility index (Phi) is 5.40. The van der Waals surface area contributed by atoms with Crippen LogP contribution in [0.1, 0.15) is 12.0 Å². The van der Waals surface area contributed by atoms with Gasteiger partial charge in [-0.25, -0.2) is 0 Å². The van der Waals surface area contributed by atoms with Gasteiger partial charge in [0.1, 0.15) is 0 Å². The van der Waals surface area contributed by atoms with E-state index in [-0.39, 0.29) is 6.42 Å². The molecule has 0 aliphatic heterocycles. The Labute approximate surface area is 143 Å². The van der Waals surface area contributed by atoms with E-state index in [1.165, 1.54) is 15.9 Å². The normalized spacial score (nSPS) is 10.7. The van der Waals surface area contributed by atoms with Crippen LogP contribution in [0.2, 0.25) is 0 Å². The molecule has 0 saturated heterocycles.